The summed E-state index contributed by atoms with van der Waals surface area (Å²) in [6.07, 6.45) is 0. The lowest BCUT2D eigenvalue weighted by Gasteiger charge is -2.08. The molecule has 2 rings (SSSR count). The van der Waals surface area contributed by atoms with Crippen LogP contribution in [-0.2, 0) is 0 Å². The third-order valence-electron chi connectivity index (χ3n) is 2.33. The smallest absolute Gasteiger partial charge is 0.0563 e. The molecule has 0 saturated heterocycles. The Morgan fingerprint density at radius 2 is 1.38 bits per heavy atom. The van der Waals surface area contributed by atoms with E-state index in [2.05, 4.69) is 0 Å². The van der Waals surface area contributed by atoms with Gasteiger partial charge in [-0.25, -0.2) is 0 Å². The highest BCUT2D eigenvalue weighted by molar-refractivity contribution is 6.34. The van der Waals surface area contributed by atoms with Crippen molar-refractivity contribution in [2.24, 2.45) is 0 Å². The molecule has 0 aliphatic heterocycles. The molecule has 0 amide bonds. The summed E-state index contributed by atoms with van der Waals surface area (Å²) in [6, 6.07) is 10.8. The molecule has 2 aromatic carbocycles. The van der Waals surface area contributed by atoms with E-state index in [1.165, 1.54) is 0 Å². The van der Waals surface area contributed by atoms with Crippen LogP contribution in [0.4, 0.5) is 11.4 Å². The lowest BCUT2D eigenvalue weighted by atomic mass is 10.0. The topological polar surface area (TPSA) is 52.0 Å². The molecule has 0 fully saturated rings. The van der Waals surface area contributed by atoms with E-state index in [0.717, 1.165) is 11.1 Å². The standard InChI is InChI=1S/C12H10Cl2N2/c13-8-3-1-7(2-4-8)9-5-11(15)12(16)6-10(9)14/h1-6H,15-16H2. The monoisotopic (exact) mass is 252 g/mol. The highest BCUT2D eigenvalue weighted by Crippen LogP contribution is 2.33. The van der Waals surface area contributed by atoms with Crippen molar-refractivity contribution in [2.45, 2.75) is 0 Å². The van der Waals surface area contributed by atoms with Gasteiger partial charge in [0.1, 0.15) is 0 Å². The molecule has 0 atom stereocenters. The Labute approximate surface area is 104 Å². The maximum absolute atomic E-state index is 6.11. The molecule has 0 spiro atoms. The summed E-state index contributed by atoms with van der Waals surface area (Å²) < 4.78 is 0. The minimum Gasteiger partial charge on any atom is -0.397 e. The highest BCUT2D eigenvalue weighted by atomic mass is 35.5. The average molecular weight is 253 g/mol. The lowest BCUT2D eigenvalue weighted by Crippen LogP contribution is -1.95. The second-order valence-electron chi connectivity index (χ2n) is 3.47. The van der Waals surface area contributed by atoms with Gasteiger partial charge in [0.25, 0.3) is 0 Å². The number of nitrogen functional groups attached to an aromatic ring is 2. The van der Waals surface area contributed by atoms with Gasteiger partial charge in [-0.3, -0.25) is 0 Å². The average Bonchev–Trinajstić information content (AvgIpc) is 2.25. The van der Waals surface area contributed by atoms with Crippen LogP contribution in [0.2, 0.25) is 10.0 Å². The number of benzene rings is 2. The van der Waals surface area contributed by atoms with Crippen LogP contribution in [-0.4, -0.2) is 0 Å². The maximum atomic E-state index is 6.11. The Bertz CT molecular complexity index is 521. The second kappa shape index (κ2) is 4.24. The molecular formula is C12H10Cl2N2. The molecule has 2 aromatic rings. The van der Waals surface area contributed by atoms with Gasteiger partial charge in [-0.05, 0) is 29.8 Å². The first-order chi connectivity index (χ1) is 7.58. The van der Waals surface area contributed by atoms with Gasteiger partial charge >= 0.3 is 0 Å². The number of anilines is 2. The van der Waals surface area contributed by atoms with Gasteiger partial charge in [0.15, 0.2) is 0 Å². The van der Waals surface area contributed by atoms with Crippen LogP contribution in [0.1, 0.15) is 0 Å². The minimum atomic E-state index is 0.489. The molecule has 0 bridgehead atoms. The van der Waals surface area contributed by atoms with Crippen LogP contribution in [0.15, 0.2) is 36.4 Å². The summed E-state index contributed by atoms with van der Waals surface area (Å²) in [7, 11) is 0. The first-order valence-corrected chi connectivity index (χ1v) is 5.44. The first kappa shape index (κ1) is 11.1. The normalized spacial score (nSPS) is 10.4. The summed E-state index contributed by atoms with van der Waals surface area (Å²) in [5.41, 5.74) is 14.2. The Morgan fingerprint density at radius 1 is 0.812 bits per heavy atom. The van der Waals surface area contributed by atoms with Gasteiger partial charge in [0.05, 0.1) is 16.4 Å². The molecule has 0 aliphatic rings. The van der Waals surface area contributed by atoms with E-state index >= 15 is 0 Å². The van der Waals surface area contributed by atoms with Crippen LogP contribution in [0.25, 0.3) is 11.1 Å². The Kier molecular flexibility index (Phi) is 2.95. The third kappa shape index (κ3) is 2.08. The molecule has 0 aliphatic carbocycles. The van der Waals surface area contributed by atoms with Crippen molar-refractivity contribution in [3.05, 3.63) is 46.4 Å². The summed E-state index contributed by atoms with van der Waals surface area (Å²) in [6.45, 7) is 0. The van der Waals surface area contributed by atoms with Gasteiger partial charge in [0, 0.05) is 10.6 Å². The van der Waals surface area contributed by atoms with Gasteiger partial charge in [-0.15, -0.1) is 0 Å². The van der Waals surface area contributed by atoms with Crippen molar-refractivity contribution >= 4 is 34.6 Å². The molecule has 0 unspecified atom stereocenters. The van der Waals surface area contributed by atoms with Crippen molar-refractivity contribution in [2.75, 3.05) is 11.5 Å². The Balaban J connectivity index is 2.56. The molecule has 0 aromatic heterocycles. The number of rotatable bonds is 1. The zero-order valence-electron chi connectivity index (χ0n) is 8.37. The van der Waals surface area contributed by atoms with Crippen molar-refractivity contribution in [3.63, 3.8) is 0 Å². The van der Waals surface area contributed by atoms with Crippen LogP contribution >= 0.6 is 23.2 Å². The predicted molar refractivity (Wildman–Crippen MR) is 70.7 cm³/mol. The van der Waals surface area contributed by atoms with Crippen molar-refractivity contribution < 1.29 is 0 Å². The zero-order valence-corrected chi connectivity index (χ0v) is 9.89. The zero-order chi connectivity index (χ0) is 11.7. The van der Waals surface area contributed by atoms with Crippen LogP contribution in [0.3, 0.4) is 0 Å². The fraction of sp³-hybridized carbons (Fsp3) is 0. The fourth-order valence-electron chi connectivity index (χ4n) is 1.46. The van der Waals surface area contributed by atoms with E-state index in [9.17, 15) is 0 Å². The molecular weight excluding hydrogens is 243 g/mol. The summed E-state index contributed by atoms with van der Waals surface area (Å²) in [5.74, 6) is 0. The Hall–Kier alpha value is -1.38. The summed E-state index contributed by atoms with van der Waals surface area (Å²) in [4.78, 5) is 0. The number of hydrogen-bond acceptors (Lipinski definition) is 2. The SMILES string of the molecule is Nc1cc(Cl)c(-c2ccc(Cl)cc2)cc1N. The van der Waals surface area contributed by atoms with E-state index in [0.29, 0.717) is 21.4 Å². The third-order valence-corrected chi connectivity index (χ3v) is 2.89. The van der Waals surface area contributed by atoms with E-state index in [-0.39, 0.29) is 0 Å². The van der Waals surface area contributed by atoms with Crippen LogP contribution in [0, 0.1) is 0 Å². The number of halogens is 2. The molecule has 16 heavy (non-hydrogen) atoms. The van der Waals surface area contributed by atoms with E-state index in [4.69, 9.17) is 34.7 Å². The van der Waals surface area contributed by atoms with Crippen LogP contribution < -0.4 is 11.5 Å². The molecule has 0 radical (unpaired) electrons. The summed E-state index contributed by atoms with van der Waals surface area (Å²) in [5, 5.41) is 1.26. The van der Waals surface area contributed by atoms with Gasteiger partial charge in [-0.2, -0.15) is 0 Å². The van der Waals surface area contributed by atoms with Crippen molar-refractivity contribution in [3.8, 4) is 11.1 Å². The highest BCUT2D eigenvalue weighted by Gasteiger charge is 2.06. The lowest BCUT2D eigenvalue weighted by molar-refractivity contribution is 1.60. The molecule has 0 heterocycles. The van der Waals surface area contributed by atoms with Crippen molar-refractivity contribution in [1.82, 2.24) is 0 Å². The van der Waals surface area contributed by atoms with E-state index < -0.39 is 0 Å². The maximum Gasteiger partial charge on any atom is 0.0563 e. The van der Waals surface area contributed by atoms with E-state index in [1.54, 1.807) is 24.3 Å². The minimum absolute atomic E-state index is 0.489. The van der Waals surface area contributed by atoms with E-state index in [1.807, 2.05) is 12.1 Å². The molecule has 0 saturated carbocycles. The Morgan fingerprint density at radius 3 is 2.00 bits per heavy atom. The second-order valence-corrected chi connectivity index (χ2v) is 4.31. The molecule has 4 N–H and O–H groups in total. The summed E-state index contributed by atoms with van der Waals surface area (Å²) >= 11 is 11.9. The number of nitrogens with two attached hydrogens (primary N) is 2. The predicted octanol–water partition coefficient (Wildman–Crippen LogP) is 3.82. The molecule has 82 valence electrons. The largest absolute Gasteiger partial charge is 0.397 e. The van der Waals surface area contributed by atoms with Gasteiger partial charge in [-0.1, -0.05) is 35.3 Å². The molecule has 2 nitrogen and oxygen atoms in total. The van der Waals surface area contributed by atoms with Crippen molar-refractivity contribution in [1.29, 1.82) is 0 Å². The van der Waals surface area contributed by atoms with Crippen LogP contribution in [0.5, 0.6) is 0 Å². The van der Waals surface area contributed by atoms with Gasteiger partial charge in [0.2, 0.25) is 0 Å². The first-order valence-electron chi connectivity index (χ1n) is 4.68. The fourth-order valence-corrected chi connectivity index (χ4v) is 1.86. The number of hydrogen-bond donors (Lipinski definition) is 2. The van der Waals surface area contributed by atoms with Gasteiger partial charge < -0.3 is 11.5 Å². The quantitative estimate of drug-likeness (QED) is 0.759. The molecule has 4 heteroatoms.